The zero-order chi connectivity index (χ0) is 99.9. The van der Waals surface area contributed by atoms with Crippen LogP contribution >= 0.6 is 101 Å². The summed E-state index contributed by atoms with van der Waals surface area (Å²) in [5, 5.41) is 19.0. The molecule has 36 heteroatoms. The molecule has 21 rings (SSSR count). The zero-order valence-corrected chi connectivity index (χ0v) is 84.4. The molecule has 5 N–H and O–H groups in total. The number of amides is 5. The number of carbonyl (C=O) groups is 5. The second-order valence-electron chi connectivity index (χ2n) is 33.8. The lowest BCUT2D eigenvalue weighted by atomic mass is 9.92. The molecule has 5 aliphatic rings. The first-order valence-corrected chi connectivity index (χ1v) is 49.5. The minimum atomic E-state index is -4.42. The van der Waals surface area contributed by atoms with Crippen LogP contribution in [0.5, 0.6) is 17.2 Å². The Kier molecular flexibility index (Phi) is 31.3. The Labute approximate surface area is 860 Å². The van der Waals surface area contributed by atoms with Crippen LogP contribution in [0.3, 0.4) is 0 Å². The monoisotopic (exact) mass is 2170 g/mol. The molecule has 5 amide bonds. The van der Waals surface area contributed by atoms with Gasteiger partial charge in [-0.15, -0.1) is 23.2 Å². The van der Waals surface area contributed by atoms with Crippen molar-refractivity contribution in [3.8, 4) is 17.2 Å². The number of methoxy groups -OCH3 is 3. The molecule has 732 valence electrons. The van der Waals surface area contributed by atoms with E-state index in [0.29, 0.717) is 83.4 Å². The van der Waals surface area contributed by atoms with Gasteiger partial charge >= 0.3 is 36.6 Å². The first kappa shape index (κ1) is 100. The van der Waals surface area contributed by atoms with Crippen LogP contribution in [0.2, 0.25) is 20.1 Å². The summed E-state index contributed by atoms with van der Waals surface area (Å²) in [7, 11) is 4.55. The molecule has 5 atom stereocenters. The predicted molar refractivity (Wildman–Crippen MR) is 551 cm³/mol. The lowest BCUT2D eigenvalue weighted by molar-refractivity contribution is -0.384. The summed E-state index contributed by atoms with van der Waals surface area (Å²) in [4.78, 5) is 99.9. The fraction of sp³-hybridized carbons (Fsp3) is 0.236. The second kappa shape index (κ2) is 44.2. The molecule has 0 radical (unpaired) electrons. The van der Waals surface area contributed by atoms with Crippen LogP contribution in [0.1, 0.15) is 127 Å². The number of H-pyrrole nitrogens is 5. The smallest absolute Gasteiger partial charge is 0.416 e. The van der Waals surface area contributed by atoms with Crippen LogP contribution in [0.4, 0.5) is 42.8 Å². The van der Waals surface area contributed by atoms with E-state index < -0.39 is 40.9 Å². The maximum absolute atomic E-state index is 13.2. The van der Waals surface area contributed by atoms with Gasteiger partial charge in [-0.2, -0.15) is 13.2 Å². The van der Waals surface area contributed by atoms with Gasteiger partial charge in [0.25, 0.3) is 5.69 Å². The Hall–Kier alpha value is -13.0. The van der Waals surface area contributed by atoms with Gasteiger partial charge in [-0.05, 0) is 258 Å². The molecule has 5 aliphatic heterocycles. The Morgan fingerprint density at radius 1 is 0.380 bits per heavy atom. The third-order valence-electron chi connectivity index (χ3n) is 25.6. The number of fused-ring (bicyclic) bond motifs is 15. The van der Waals surface area contributed by atoms with Crippen LogP contribution in [-0.2, 0) is 57.2 Å². The quantitative estimate of drug-likeness (QED) is 0.0293. The summed E-state index contributed by atoms with van der Waals surface area (Å²) in [5.74, 6) is 2.60. The number of benzene rings is 11. The van der Waals surface area contributed by atoms with Crippen molar-refractivity contribution >= 4 is 192 Å². The van der Waals surface area contributed by atoms with Crippen molar-refractivity contribution in [2.24, 2.45) is 0 Å². The number of rotatable bonds is 14. The number of halogens is 11. The molecule has 5 unspecified atom stereocenters. The molecule has 0 bridgehead atoms. The van der Waals surface area contributed by atoms with Crippen LogP contribution in [-0.4, -0.2) is 170 Å². The maximum atomic E-state index is 13.2. The van der Waals surface area contributed by atoms with E-state index >= 15 is 0 Å². The van der Waals surface area contributed by atoms with E-state index in [1.54, 1.807) is 71.1 Å². The normalized spacial score (nSPS) is 16.2. The number of nitro groups is 1. The van der Waals surface area contributed by atoms with Gasteiger partial charge in [0.2, 0.25) is 0 Å². The van der Waals surface area contributed by atoms with Crippen molar-refractivity contribution in [2.45, 2.75) is 75.4 Å². The number of hydrogen-bond acceptors (Lipinski definition) is 14. The molecule has 142 heavy (non-hydrogen) atoms. The molecule has 16 aromatic rings. The van der Waals surface area contributed by atoms with Crippen LogP contribution in [0.25, 0.3) is 54.5 Å². The van der Waals surface area contributed by atoms with Gasteiger partial charge in [0, 0.05) is 157 Å². The lowest BCUT2D eigenvalue weighted by Gasteiger charge is -2.35. The molecule has 5 aromatic heterocycles. The van der Waals surface area contributed by atoms with Gasteiger partial charge in [-0.3, -0.25) is 34.6 Å². The largest absolute Gasteiger partial charge is 0.497 e. The SMILES string of the molecule is CCOC(=O)N1CCc2c([nH]c3ccc(Br)cc23)C1c1ccc([N+](=O)[O-])cc1.COC(=O)N1CCc2c([nH]c3ccc(Cl)cc23)C1c1ccc(C(F)(F)F)cc1.COc1ccc(C2c3[nH]c4ccc(Cl)cc4c3CCN2C(=O)OCCCl)cc1.COc1ccc(C2c3[nH]c4ccc(Cl)cc4c3CCN2C(=O)Oc2ccccc2)cc1.O=C(OCCCl)N1CCc2c([nH]c3ccc(Cl)cc23)C1c1ccc(Br)cc1. The van der Waals surface area contributed by atoms with Crippen LogP contribution in [0.15, 0.2) is 252 Å². The number of nitrogens with one attached hydrogen (secondary N) is 5. The Morgan fingerprint density at radius 3 is 0.993 bits per heavy atom. The lowest BCUT2D eigenvalue weighted by Crippen LogP contribution is -2.42. The minimum Gasteiger partial charge on any atom is -0.497 e. The predicted octanol–water partition coefficient (Wildman–Crippen LogP) is 27.5. The summed E-state index contributed by atoms with van der Waals surface area (Å²) >= 11 is 43.2. The van der Waals surface area contributed by atoms with Gasteiger partial charge < -0.3 is 58.1 Å². The van der Waals surface area contributed by atoms with Gasteiger partial charge in [0.1, 0.15) is 60.7 Å². The third-order valence-corrected chi connectivity index (χ3v) is 27.9. The molecule has 11 aromatic carbocycles. The number of carbonyl (C=O) groups excluding carboxylic acids is 5. The van der Waals surface area contributed by atoms with Gasteiger partial charge in [0.15, 0.2) is 0 Å². The molecule has 10 heterocycles. The average Bonchev–Trinajstić information content (AvgIpc) is 1.61. The van der Waals surface area contributed by atoms with E-state index in [1.807, 2.05) is 170 Å². The van der Waals surface area contributed by atoms with Crippen LogP contribution in [0, 0.1) is 10.1 Å². The van der Waals surface area contributed by atoms with Crippen molar-refractivity contribution < 1.29 is 75.2 Å². The van der Waals surface area contributed by atoms with Gasteiger partial charge in [-0.1, -0.05) is 145 Å². The van der Waals surface area contributed by atoms with Crippen molar-refractivity contribution in [1.29, 1.82) is 0 Å². The van der Waals surface area contributed by atoms with E-state index in [4.69, 9.17) is 103 Å². The first-order valence-electron chi connectivity index (χ1n) is 45.4. The zero-order valence-electron chi connectivity index (χ0n) is 76.6. The van der Waals surface area contributed by atoms with E-state index in [2.05, 4.69) is 62.8 Å². The molecule has 0 aliphatic carbocycles. The number of para-hydroxylation sites is 1. The molecule has 0 saturated heterocycles. The molecule has 25 nitrogen and oxygen atoms in total. The molecular formula is C106H92Br2Cl6F3N11O14. The van der Waals surface area contributed by atoms with Gasteiger partial charge in [0.05, 0.1) is 50.2 Å². The summed E-state index contributed by atoms with van der Waals surface area (Å²) < 4.78 is 77.9. The fourth-order valence-corrected chi connectivity index (χ4v) is 20.7. The summed E-state index contributed by atoms with van der Waals surface area (Å²) in [5.41, 5.74) is 18.8. The van der Waals surface area contributed by atoms with E-state index in [9.17, 15) is 47.3 Å². The number of nitro benzene ring substituents is 1. The third kappa shape index (κ3) is 21.5. The van der Waals surface area contributed by atoms with Crippen molar-refractivity contribution in [3.05, 3.63) is 371 Å². The van der Waals surface area contributed by atoms with E-state index in [0.717, 1.165) is 162 Å². The minimum absolute atomic E-state index is 0.0167. The first-order chi connectivity index (χ1) is 68.6. The second-order valence-corrected chi connectivity index (χ2v) is 38.1. The van der Waals surface area contributed by atoms with Crippen LogP contribution < -0.4 is 14.2 Å². The Balaban J connectivity index is 0.000000122. The number of aromatic amines is 5. The summed E-state index contributed by atoms with van der Waals surface area (Å²) in [6, 6.07) is 71.0. The number of ether oxygens (including phenoxy) is 7. The van der Waals surface area contributed by atoms with E-state index in [-0.39, 0.29) is 73.7 Å². The van der Waals surface area contributed by atoms with Crippen molar-refractivity contribution in [2.75, 3.05) is 85.6 Å². The summed E-state index contributed by atoms with van der Waals surface area (Å²) in [6.45, 7) is 4.97. The molecule has 0 saturated carbocycles. The fourth-order valence-electron chi connectivity index (χ4n) is 19.3. The number of hydrogen-bond donors (Lipinski definition) is 5. The summed E-state index contributed by atoms with van der Waals surface area (Å²) in [6.07, 6.45) is -3.00. The van der Waals surface area contributed by atoms with Crippen molar-refractivity contribution in [3.63, 3.8) is 0 Å². The van der Waals surface area contributed by atoms with Crippen molar-refractivity contribution in [1.82, 2.24) is 49.4 Å². The van der Waals surface area contributed by atoms with E-state index in [1.165, 1.54) is 53.0 Å². The molecule has 0 fully saturated rings. The highest BCUT2D eigenvalue weighted by molar-refractivity contribution is 9.10. The highest BCUT2D eigenvalue weighted by Crippen LogP contribution is 2.48. The average molecular weight is 2170 g/mol. The Morgan fingerprint density at radius 2 is 0.676 bits per heavy atom. The Bertz CT molecular complexity index is 7340. The molecule has 0 spiro atoms. The standard InChI is InChI=1S/C25H21ClN2O3.C21H20Cl2N2O3.C20H17BrCl2N2O2.C20H18BrN3O4.C20H16ClF3N2O2/c1-30-18-10-7-16(8-11-18)24-23-20(21-15-17(26)9-12-22(21)27-23)13-14-28(24)25(29)31-19-5-3-2-4-6-19;1-27-15-5-2-13(3-6-15)20-19-16(8-10-25(20)21(26)28-11-9-22)17-12-14(23)4-7-18(17)24-19;21-13-3-1-12(2-4-13)19-18-15(7-9-25(19)20(26)27-10-8-22)16-11-14(23)5-6-17(16)24-18;1-2-28-20(25)23-10-9-15-16-11-13(21)5-8-17(16)22-18(15)19(23)12-3-6-14(7-4-12)24(26)27;1-28-19(27)26-9-8-14-15-10-13(21)6-7-16(15)25-17(14)18(26)11-2-4-12(5-3-11)20(22,23)24/h2-12,15,24,27H,13-14H2,1H3;2-7,12,20,24H,8-11H2,1H3;1-6,11,19,24H,7-10H2;3-8,11,19,22H,2,9-10H2,1H3;2-7,10,18,25H,8-9H2,1H3. The number of aromatic nitrogens is 5. The highest BCUT2D eigenvalue weighted by atomic mass is 79.9. The van der Waals surface area contributed by atoms with Gasteiger partial charge in [-0.25, -0.2) is 24.0 Å². The number of non-ortho nitro benzene ring substituents is 1. The topological polar surface area (TPSA) is 288 Å². The number of alkyl halides is 5. The highest BCUT2D eigenvalue weighted by Gasteiger charge is 2.43. The molecular weight excluding hydrogens is 2080 g/mol. The number of nitrogens with zero attached hydrogens (tertiary/aromatic N) is 6. The maximum Gasteiger partial charge on any atom is 0.416 e.